The molecule has 0 aromatic heterocycles. The van der Waals surface area contributed by atoms with E-state index in [0.717, 1.165) is 99.1 Å². The molecule has 0 saturated carbocycles. The second-order valence-electron chi connectivity index (χ2n) is 10.5. The van der Waals surface area contributed by atoms with E-state index in [2.05, 4.69) is 21.9 Å². The van der Waals surface area contributed by atoms with Crippen molar-refractivity contribution in [3.63, 3.8) is 0 Å². The highest BCUT2D eigenvalue weighted by molar-refractivity contribution is 5.70. The molecule has 4 atom stereocenters. The van der Waals surface area contributed by atoms with Crippen LogP contribution >= 0.6 is 0 Å². The molecule has 2 fully saturated rings. The Hall–Kier alpha value is -2.52. The minimum Gasteiger partial charge on any atom is -0.486 e. The van der Waals surface area contributed by atoms with Crippen LogP contribution in [0.2, 0.25) is 0 Å². The third-order valence-corrected chi connectivity index (χ3v) is 7.69. The molecule has 194 valence electrons. The number of ether oxygens (including phenoxy) is 4. The Kier molecular flexibility index (Phi) is 6.93. The van der Waals surface area contributed by atoms with E-state index in [1.54, 1.807) is 0 Å². The van der Waals surface area contributed by atoms with Gasteiger partial charge in [-0.15, -0.1) is 0 Å². The molecule has 4 heterocycles. The lowest BCUT2D eigenvalue weighted by Crippen LogP contribution is -2.34. The number of hydrogen-bond acceptors (Lipinski definition) is 8. The van der Waals surface area contributed by atoms with Gasteiger partial charge < -0.3 is 39.0 Å². The Morgan fingerprint density at radius 1 is 0.667 bits per heavy atom. The molecule has 4 aliphatic heterocycles. The zero-order chi connectivity index (χ0) is 24.5. The number of aliphatic hydroxyl groups excluding tert-OH is 2. The van der Waals surface area contributed by atoms with Crippen molar-refractivity contribution in [2.24, 2.45) is 0 Å². The minimum absolute atomic E-state index is 0.00300. The lowest BCUT2D eigenvalue weighted by molar-refractivity contribution is 0.0755. The van der Waals surface area contributed by atoms with Gasteiger partial charge >= 0.3 is 0 Å². The second-order valence-corrected chi connectivity index (χ2v) is 10.5. The smallest absolute Gasteiger partial charge is 0.162 e. The molecule has 8 nitrogen and oxygen atoms in total. The predicted molar refractivity (Wildman–Crippen MR) is 135 cm³/mol. The van der Waals surface area contributed by atoms with E-state index >= 15 is 0 Å². The van der Waals surface area contributed by atoms with E-state index in [1.807, 2.05) is 24.3 Å². The number of nitrogens with zero attached hydrogens (tertiary/aromatic N) is 2. The van der Waals surface area contributed by atoms with Gasteiger partial charge in [0.1, 0.15) is 25.4 Å². The summed E-state index contributed by atoms with van der Waals surface area (Å²) in [5, 5.41) is 19.5. The van der Waals surface area contributed by atoms with Crippen LogP contribution < -0.4 is 18.9 Å². The first-order chi connectivity index (χ1) is 17.6. The maximum absolute atomic E-state index is 9.75. The summed E-state index contributed by atoms with van der Waals surface area (Å²) in [5.74, 6) is 3.09. The van der Waals surface area contributed by atoms with Crippen molar-refractivity contribution in [2.75, 3.05) is 52.5 Å². The SMILES string of the molecule is OC1CCN(CCC2COc3ccc(-c4ccc5c(c4)OC(CCN4CCC(O)C4)CO5)cc3O2)C1. The van der Waals surface area contributed by atoms with Crippen LogP contribution in [0, 0.1) is 0 Å². The first-order valence-corrected chi connectivity index (χ1v) is 13.3. The van der Waals surface area contributed by atoms with Crippen LogP contribution in [0.15, 0.2) is 36.4 Å². The van der Waals surface area contributed by atoms with E-state index < -0.39 is 0 Å². The van der Waals surface area contributed by atoms with Gasteiger partial charge in [0.15, 0.2) is 23.0 Å². The Morgan fingerprint density at radius 3 is 1.56 bits per heavy atom. The van der Waals surface area contributed by atoms with Gasteiger partial charge in [0.05, 0.1) is 12.2 Å². The summed E-state index contributed by atoms with van der Waals surface area (Å²) >= 11 is 0. The van der Waals surface area contributed by atoms with Crippen molar-refractivity contribution in [3.05, 3.63) is 36.4 Å². The fourth-order valence-electron chi connectivity index (χ4n) is 5.56. The third kappa shape index (κ3) is 5.42. The molecule has 0 radical (unpaired) electrons. The maximum atomic E-state index is 9.75. The average Bonchev–Trinajstić information content (AvgIpc) is 3.52. The molecule has 36 heavy (non-hydrogen) atoms. The van der Waals surface area contributed by atoms with Gasteiger partial charge in [-0.2, -0.15) is 0 Å². The Balaban J connectivity index is 1.09. The summed E-state index contributed by atoms with van der Waals surface area (Å²) in [7, 11) is 0. The number of hydrogen-bond donors (Lipinski definition) is 2. The largest absolute Gasteiger partial charge is 0.486 e. The normalized spacial score (nSPS) is 27.9. The number of aliphatic hydroxyl groups is 2. The van der Waals surface area contributed by atoms with E-state index in [9.17, 15) is 10.2 Å². The number of rotatable bonds is 7. The predicted octanol–water partition coefficient (Wildman–Crippen LogP) is 2.55. The highest BCUT2D eigenvalue weighted by Gasteiger charge is 2.27. The molecule has 0 bridgehead atoms. The van der Waals surface area contributed by atoms with Crippen LogP contribution in [0.5, 0.6) is 23.0 Å². The summed E-state index contributed by atoms with van der Waals surface area (Å²) in [4.78, 5) is 4.58. The molecule has 2 aromatic rings. The fraction of sp³-hybridized carbons (Fsp3) is 0.571. The van der Waals surface area contributed by atoms with E-state index in [4.69, 9.17) is 18.9 Å². The number of likely N-dealkylation sites (tertiary alicyclic amines) is 2. The minimum atomic E-state index is -0.197. The van der Waals surface area contributed by atoms with Gasteiger partial charge in [0, 0.05) is 52.1 Å². The lowest BCUT2D eigenvalue weighted by atomic mass is 10.0. The highest BCUT2D eigenvalue weighted by atomic mass is 16.6. The van der Waals surface area contributed by atoms with Gasteiger partial charge in [0.25, 0.3) is 0 Å². The molecule has 2 saturated heterocycles. The third-order valence-electron chi connectivity index (χ3n) is 7.69. The lowest BCUT2D eigenvalue weighted by Gasteiger charge is -2.29. The molecule has 6 rings (SSSR count). The summed E-state index contributed by atoms with van der Waals surface area (Å²) in [5.41, 5.74) is 2.08. The molecule has 4 aliphatic rings. The van der Waals surface area contributed by atoms with E-state index in [1.165, 1.54) is 0 Å². The van der Waals surface area contributed by atoms with Crippen molar-refractivity contribution in [2.45, 2.75) is 50.1 Å². The monoisotopic (exact) mass is 496 g/mol. The van der Waals surface area contributed by atoms with Gasteiger partial charge in [-0.3, -0.25) is 0 Å². The van der Waals surface area contributed by atoms with Crippen molar-refractivity contribution in [3.8, 4) is 34.1 Å². The van der Waals surface area contributed by atoms with Crippen molar-refractivity contribution in [1.29, 1.82) is 0 Å². The van der Waals surface area contributed by atoms with Crippen molar-refractivity contribution in [1.82, 2.24) is 9.80 Å². The summed E-state index contributed by atoms with van der Waals surface area (Å²) in [6.07, 6.45) is 3.07. The van der Waals surface area contributed by atoms with Crippen LogP contribution in [-0.4, -0.2) is 96.9 Å². The van der Waals surface area contributed by atoms with Crippen LogP contribution in [0.25, 0.3) is 11.1 Å². The zero-order valence-corrected chi connectivity index (χ0v) is 20.7. The first-order valence-electron chi connectivity index (χ1n) is 13.3. The zero-order valence-electron chi connectivity index (χ0n) is 20.7. The average molecular weight is 497 g/mol. The molecule has 2 aromatic carbocycles. The molecule has 2 N–H and O–H groups in total. The number of β-amino-alcohol motifs (C(OH)–C–C–N with tert-alkyl or cyclic N) is 2. The topological polar surface area (TPSA) is 83.9 Å². The molecular formula is C28H36N2O6. The molecule has 0 spiro atoms. The Labute approximate surface area is 212 Å². The maximum Gasteiger partial charge on any atom is 0.162 e. The molecule has 0 aliphatic carbocycles. The number of benzene rings is 2. The van der Waals surface area contributed by atoms with Gasteiger partial charge in [0.2, 0.25) is 0 Å². The summed E-state index contributed by atoms with van der Waals surface area (Å²) < 4.78 is 24.6. The second kappa shape index (κ2) is 10.5. The quantitative estimate of drug-likeness (QED) is 0.605. The molecule has 8 heteroatoms. The van der Waals surface area contributed by atoms with Gasteiger partial charge in [-0.25, -0.2) is 0 Å². The van der Waals surface area contributed by atoms with Crippen LogP contribution in [-0.2, 0) is 0 Å². The van der Waals surface area contributed by atoms with Crippen LogP contribution in [0.4, 0.5) is 0 Å². The first kappa shape index (κ1) is 23.9. The van der Waals surface area contributed by atoms with Crippen LogP contribution in [0.3, 0.4) is 0 Å². The molecule has 0 amide bonds. The number of fused-ring (bicyclic) bond motifs is 2. The van der Waals surface area contributed by atoms with Crippen molar-refractivity contribution < 1.29 is 29.2 Å². The molecular weight excluding hydrogens is 460 g/mol. The van der Waals surface area contributed by atoms with E-state index in [0.29, 0.717) is 13.2 Å². The Bertz CT molecular complexity index is 981. The highest BCUT2D eigenvalue weighted by Crippen LogP contribution is 2.40. The van der Waals surface area contributed by atoms with Gasteiger partial charge in [-0.1, -0.05) is 12.1 Å². The Morgan fingerprint density at radius 2 is 1.14 bits per heavy atom. The van der Waals surface area contributed by atoms with E-state index in [-0.39, 0.29) is 24.4 Å². The summed E-state index contributed by atoms with van der Waals surface area (Å²) in [6, 6.07) is 12.1. The standard InChI is InChI=1S/C28H36N2O6/c31-21-5-9-29(15-21)11-7-23-17-33-25-3-1-19(13-27(25)35-23)20-2-4-26-28(14-20)36-24(18-34-26)8-12-30-10-6-22(32)16-30/h1-4,13-14,21-24,31-32H,5-12,15-18H2. The molecule has 4 unspecified atom stereocenters. The van der Waals surface area contributed by atoms with Crippen LogP contribution in [0.1, 0.15) is 25.7 Å². The van der Waals surface area contributed by atoms with Crippen molar-refractivity contribution >= 4 is 0 Å². The van der Waals surface area contributed by atoms with Gasteiger partial charge in [-0.05, 0) is 48.2 Å². The summed E-state index contributed by atoms with van der Waals surface area (Å²) in [6.45, 7) is 6.30. The fourth-order valence-corrected chi connectivity index (χ4v) is 5.56.